The monoisotopic (exact) mass is 363 g/mol. The summed E-state index contributed by atoms with van der Waals surface area (Å²) in [6.45, 7) is 4.84. The summed E-state index contributed by atoms with van der Waals surface area (Å²) in [6.07, 6.45) is 5.30. The van der Waals surface area contributed by atoms with E-state index in [4.69, 9.17) is 4.74 Å². The number of piperidine rings is 2. The first kappa shape index (κ1) is 18.7. The zero-order valence-electron chi connectivity index (χ0n) is 15.5. The number of nitrogens with zero attached hydrogens (tertiary/aromatic N) is 1. The molecule has 138 valence electrons. The molecule has 0 N–H and O–H groups in total. The number of benzene rings is 1. The molecule has 3 nitrogen and oxygen atoms in total. The lowest BCUT2D eigenvalue weighted by atomic mass is 9.48. The minimum absolute atomic E-state index is 0. The maximum atomic E-state index is 11.6. The van der Waals surface area contributed by atoms with E-state index in [0.29, 0.717) is 42.4 Å². The zero-order chi connectivity index (χ0) is 16.9. The van der Waals surface area contributed by atoms with Crippen molar-refractivity contribution in [2.75, 3.05) is 13.7 Å². The Bertz CT molecular complexity index is 649. The highest BCUT2D eigenvalue weighted by molar-refractivity contribution is 5.85. The highest BCUT2D eigenvalue weighted by atomic mass is 35.5. The Morgan fingerprint density at radius 2 is 2.04 bits per heavy atom. The maximum Gasteiger partial charge on any atom is 0.305 e. The first-order valence-corrected chi connectivity index (χ1v) is 9.56. The summed E-state index contributed by atoms with van der Waals surface area (Å²) in [7, 11) is 2.30. The Balaban J connectivity index is 0.00000182. The third-order valence-corrected chi connectivity index (χ3v) is 7.26. The molecule has 1 aromatic rings. The van der Waals surface area contributed by atoms with Crippen molar-refractivity contribution in [3.8, 4) is 0 Å². The second-order valence-electron chi connectivity index (χ2n) is 8.01. The van der Waals surface area contributed by atoms with Gasteiger partial charge in [0, 0.05) is 29.8 Å². The standard InChI is InChI=1S/C21H29NO2.ClH/c1-4-20(23)24-13-15-10-17-18-11-14-8-6-7-9-16(14)21(17,5-2)12-19(15)22(18)3;/h6-9,15,17-19H,4-5,10-13H2,1-3H3;1H/t15-,17?,18?,19?,21+;/m1./s1. The summed E-state index contributed by atoms with van der Waals surface area (Å²) in [6, 6.07) is 10.3. The number of carbonyl (C=O) groups excluding carboxylic acids is 1. The highest BCUT2D eigenvalue weighted by Gasteiger charge is 2.59. The minimum atomic E-state index is -0.0603. The van der Waals surface area contributed by atoms with E-state index in [2.05, 4.69) is 43.1 Å². The van der Waals surface area contributed by atoms with Crippen LogP contribution in [0.2, 0.25) is 0 Å². The number of esters is 1. The number of hydrogen-bond donors (Lipinski definition) is 0. The molecule has 0 radical (unpaired) electrons. The number of carbonyl (C=O) groups is 1. The molecule has 4 heteroatoms. The van der Waals surface area contributed by atoms with E-state index in [1.54, 1.807) is 11.1 Å². The number of likely N-dealkylation sites (N-methyl/N-ethyl adjacent to an activating group) is 1. The van der Waals surface area contributed by atoms with E-state index >= 15 is 0 Å². The predicted octanol–water partition coefficient (Wildman–Crippen LogP) is 3.97. The van der Waals surface area contributed by atoms with Crippen molar-refractivity contribution in [3.05, 3.63) is 35.4 Å². The molecule has 3 fully saturated rings. The van der Waals surface area contributed by atoms with E-state index in [1.165, 1.54) is 25.7 Å². The Hall–Kier alpha value is -1.06. The lowest BCUT2D eigenvalue weighted by Gasteiger charge is -2.65. The molecule has 1 aromatic carbocycles. The molecule has 1 saturated carbocycles. The van der Waals surface area contributed by atoms with Crippen LogP contribution >= 0.6 is 12.4 Å². The van der Waals surface area contributed by atoms with Crippen LogP contribution in [0.4, 0.5) is 0 Å². The van der Waals surface area contributed by atoms with Crippen LogP contribution in [0.3, 0.4) is 0 Å². The molecule has 25 heavy (non-hydrogen) atoms. The summed E-state index contributed by atoms with van der Waals surface area (Å²) in [4.78, 5) is 14.2. The minimum Gasteiger partial charge on any atom is -0.465 e. The normalized spacial score (nSPS) is 35.6. The van der Waals surface area contributed by atoms with Gasteiger partial charge in [0.1, 0.15) is 0 Å². The van der Waals surface area contributed by atoms with Crippen molar-refractivity contribution < 1.29 is 9.53 Å². The number of rotatable bonds is 4. The average Bonchev–Trinajstić information content (AvgIpc) is 2.62. The molecule has 2 saturated heterocycles. The van der Waals surface area contributed by atoms with Crippen LogP contribution in [-0.4, -0.2) is 36.6 Å². The van der Waals surface area contributed by atoms with Crippen LogP contribution < -0.4 is 0 Å². The summed E-state index contributed by atoms with van der Waals surface area (Å²) in [5.41, 5.74) is 3.50. The van der Waals surface area contributed by atoms with Gasteiger partial charge in [-0.2, -0.15) is 0 Å². The van der Waals surface area contributed by atoms with E-state index in [0.717, 1.165) is 0 Å². The van der Waals surface area contributed by atoms with Gasteiger partial charge in [0.2, 0.25) is 0 Å². The number of halogens is 1. The number of hydrogen-bond acceptors (Lipinski definition) is 3. The molecular formula is C21H30ClNO2. The molecule has 5 atom stereocenters. The maximum absolute atomic E-state index is 11.6. The fourth-order valence-electron chi connectivity index (χ4n) is 6.02. The van der Waals surface area contributed by atoms with Gasteiger partial charge >= 0.3 is 5.97 Å². The van der Waals surface area contributed by atoms with Crippen LogP contribution in [-0.2, 0) is 21.4 Å². The lowest BCUT2D eigenvalue weighted by molar-refractivity contribution is -0.152. The first-order valence-electron chi connectivity index (χ1n) is 9.56. The average molecular weight is 364 g/mol. The van der Waals surface area contributed by atoms with E-state index in [1.807, 2.05) is 6.92 Å². The van der Waals surface area contributed by atoms with Crippen molar-refractivity contribution in [2.24, 2.45) is 11.8 Å². The summed E-state index contributed by atoms with van der Waals surface area (Å²) >= 11 is 0. The fourth-order valence-corrected chi connectivity index (χ4v) is 6.02. The molecule has 0 spiro atoms. The van der Waals surface area contributed by atoms with Crippen molar-refractivity contribution in [1.29, 1.82) is 0 Å². The van der Waals surface area contributed by atoms with Crippen LogP contribution in [0, 0.1) is 11.8 Å². The molecule has 2 aliphatic heterocycles. The van der Waals surface area contributed by atoms with Crippen LogP contribution in [0.25, 0.3) is 0 Å². The van der Waals surface area contributed by atoms with Crippen LogP contribution in [0.5, 0.6) is 0 Å². The largest absolute Gasteiger partial charge is 0.465 e. The third kappa shape index (κ3) is 2.71. The topological polar surface area (TPSA) is 29.5 Å². The van der Waals surface area contributed by atoms with Crippen LogP contribution in [0.15, 0.2) is 24.3 Å². The van der Waals surface area contributed by atoms with Gasteiger partial charge in [0.05, 0.1) is 6.61 Å². The smallest absolute Gasteiger partial charge is 0.305 e. The molecule has 4 aliphatic rings. The van der Waals surface area contributed by atoms with Gasteiger partial charge in [0.15, 0.2) is 0 Å². The molecule has 0 aromatic heterocycles. The van der Waals surface area contributed by atoms with Gasteiger partial charge in [-0.25, -0.2) is 0 Å². The number of ether oxygens (including phenoxy) is 1. The van der Waals surface area contributed by atoms with E-state index in [-0.39, 0.29) is 18.4 Å². The second-order valence-corrected chi connectivity index (χ2v) is 8.01. The van der Waals surface area contributed by atoms with Crippen molar-refractivity contribution in [3.63, 3.8) is 0 Å². The van der Waals surface area contributed by atoms with Crippen LogP contribution in [0.1, 0.15) is 50.7 Å². The quantitative estimate of drug-likeness (QED) is 0.758. The molecule has 2 aliphatic carbocycles. The predicted molar refractivity (Wildman–Crippen MR) is 102 cm³/mol. The molecule has 0 amide bonds. The van der Waals surface area contributed by atoms with Gasteiger partial charge in [-0.05, 0) is 49.8 Å². The van der Waals surface area contributed by atoms with Gasteiger partial charge in [-0.15, -0.1) is 12.4 Å². The Morgan fingerprint density at radius 3 is 2.76 bits per heavy atom. The second kappa shape index (κ2) is 6.92. The highest BCUT2D eigenvalue weighted by Crippen LogP contribution is 2.59. The summed E-state index contributed by atoms with van der Waals surface area (Å²) in [5, 5.41) is 0. The van der Waals surface area contributed by atoms with Gasteiger partial charge in [-0.3, -0.25) is 9.69 Å². The summed E-state index contributed by atoms with van der Waals surface area (Å²) < 4.78 is 5.52. The molecule has 4 bridgehead atoms. The van der Waals surface area contributed by atoms with Crippen molar-refractivity contribution >= 4 is 18.4 Å². The van der Waals surface area contributed by atoms with Gasteiger partial charge < -0.3 is 4.74 Å². The third-order valence-electron chi connectivity index (χ3n) is 7.26. The first-order chi connectivity index (χ1) is 11.6. The lowest BCUT2D eigenvalue weighted by Crippen LogP contribution is -2.68. The van der Waals surface area contributed by atoms with E-state index in [9.17, 15) is 4.79 Å². The molecular weight excluding hydrogens is 334 g/mol. The zero-order valence-corrected chi connectivity index (χ0v) is 16.3. The Labute approximate surface area is 157 Å². The molecule has 2 heterocycles. The molecule has 5 rings (SSSR count). The summed E-state index contributed by atoms with van der Waals surface area (Å²) in [5.74, 6) is 1.13. The van der Waals surface area contributed by atoms with E-state index < -0.39 is 0 Å². The van der Waals surface area contributed by atoms with Crippen molar-refractivity contribution in [1.82, 2.24) is 4.90 Å². The van der Waals surface area contributed by atoms with Gasteiger partial charge in [-0.1, -0.05) is 38.1 Å². The SMILES string of the molecule is CCC(=O)OC[C@H]1CC2C3Cc4ccccc4[C@]2(CC)CC1N3C.Cl. The Kier molecular flexibility index (Phi) is 5.18. The molecule has 3 unspecified atom stereocenters. The Morgan fingerprint density at radius 1 is 1.28 bits per heavy atom. The van der Waals surface area contributed by atoms with Crippen molar-refractivity contribution in [2.45, 2.75) is 63.5 Å². The number of fused-ring (bicyclic) bond motifs is 2. The fraction of sp³-hybridized carbons (Fsp3) is 0.667. The van der Waals surface area contributed by atoms with Gasteiger partial charge in [0.25, 0.3) is 0 Å².